The Morgan fingerprint density at radius 3 is 2.45 bits per heavy atom. The molecule has 1 aliphatic rings. The van der Waals surface area contributed by atoms with Crippen LogP contribution in [0.2, 0.25) is 0 Å². The normalized spacial score (nSPS) is 16.6. The number of carbonyl (C=O) groups excluding carboxylic acids is 2. The van der Waals surface area contributed by atoms with Gasteiger partial charge in [0.25, 0.3) is 0 Å². The number of carboxylic acids is 1. The molecule has 0 bridgehead atoms. The number of primary amides is 1. The van der Waals surface area contributed by atoms with E-state index in [1.165, 1.54) is 25.7 Å². The van der Waals surface area contributed by atoms with Gasteiger partial charge in [-0.25, -0.2) is 9.59 Å². The highest BCUT2D eigenvalue weighted by Gasteiger charge is 2.22. The Labute approximate surface area is 118 Å². The Hall–Kier alpha value is -1.79. The second-order valence-electron chi connectivity index (χ2n) is 5.25. The molecule has 7 nitrogen and oxygen atoms in total. The molecule has 0 heterocycles. The highest BCUT2D eigenvalue weighted by molar-refractivity contribution is 5.87. The second-order valence-corrected chi connectivity index (χ2v) is 5.25. The molecule has 0 aromatic carbocycles. The van der Waals surface area contributed by atoms with Gasteiger partial charge in [0.05, 0.1) is 6.42 Å². The fourth-order valence-electron chi connectivity index (χ4n) is 2.50. The van der Waals surface area contributed by atoms with Gasteiger partial charge in [0.15, 0.2) is 0 Å². The molecule has 1 rings (SSSR count). The summed E-state index contributed by atoms with van der Waals surface area (Å²) in [7, 11) is 0. The summed E-state index contributed by atoms with van der Waals surface area (Å²) in [5, 5.41) is 13.7. The molecule has 0 aliphatic heterocycles. The average Bonchev–Trinajstić information content (AvgIpc) is 2.86. The van der Waals surface area contributed by atoms with E-state index in [1.54, 1.807) is 0 Å². The molecule has 0 radical (unpaired) electrons. The summed E-state index contributed by atoms with van der Waals surface area (Å²) in [5.74, 6) is -1.27. The van der Waals surface area contributed by atoms with Crippen LogP contribution in [0.3, 0.4) is 0 Å². The maximum absolute atomic E-state index is 11.5. The third kappa shape index (κ3) is 6.40. The predicted octanol–water partition coefficient (Wildman–Crippen LogP) is 0.585. The highest BCUT2D eigenvalue weighted by atomic mass is 16.4. The molecule has 0 spiro atoms. The van der Waals surface area contributed by atoms with E-state index in [1.807, 2.05) is 0 Å². The van der Waals surface area contributed by atoms with Crippen LogP contribution in [-0.2, 0) is 9.59 Å². The Bertz CT molecular complexity index is 354. The van der Waals surface area contributed by atoms with E-state index in [0.29, 0.717) is 6.54 Å². The maximum Gasteiger partial charge on any atom is 0.326 e. The lowest BCUT2D eigenvalue weighted by atomic mass is 10.0. The van der Waals surface area contributed by atoms with Crippen LogP contribution in [0.15, 0.2) is 0 Å². The number of nitrogens with two attached hydrogens (primary N) is 1. The molecule has 0 saturated heterocycles. The summed E-state index contributed by atoms with van der Waals surface area (Å²) in [6.45, 7) is 0.505. The molecule has 1 saturated carbocycles. The molecule has 1 atom stereocenters. The van der Waals surface area contributed by atoms with Crippen molar-refractivity contribution in [3.8, 4) is 0 Å². The lowest BCUT2D eigenvalue weighted by Crippen LogP contribution is -2.47. The van der Waals surface area contributed by atoms with Crippen molar-refractivity contribution in [1.82, 2.24) is 10.6 Å². The van der Waals surface area contributed by atoms with Gasteiger partial charge in [-0.05, 0) is 18.8 Å². The van der Waals surface area contributed by atoms with E-state index >= 15 is 0 Å². The monoisotopic (exact) mass is 285 g/mol. The van der Waals surface area contributed by atoms with Crippen LogP contribution >= 0.6 is 0 Å². The number of rotatable bonds is 8. The first-order valence-corrected chi connectivity index (χ1v) is 7.04. The molecule has 0 aromatic heterocycles. The van der Waals surface area contributed by atoms with Crippen molar-refractivity contribution in [2.45, 2.75) is 51.0 Å². The number of urea groups is 1. The summed E-state index contributed by atoms with van der Waals surface area (Å²) in [4.78, 5) is 33.0. The number of carboxylic acid groups (broad SMARTS) is 1. The van der Waals surface area contributed by atoms with Crippen LogP contribution in [0.5, 0.6) is 0 Å². The Morgan fingerprint density at radius 2 is 1.90 bits per heavy atom. The van der Waals surface area contributed by atoms with Gasteiger partial charge in [-0.1, -0.05) is 25.7 Å². The Balaban J connectivity index is 2.17. The van der Waals surface area contributed by atoms with Crippen molar-refractivity contribution >= 4 is 17.9 Å². The van der Waals surface area contributed by atoms with Gasteiger partial charge in [0.2, 0.25) is 5.91 Å². The van der Waals surface area contributed by atoms with E-state index in [9.17, 15) is 14.4 Å². The number of carbonyl (C=O) groups is 3. The van der Waals surface area contributed by atoms with Crippen LogP contribution in [0.1, 0.15) is 44.9 Å². The van der Waals surface area contributed by atoms with Crippen molar-refractivity contribution in [3.05, 3.63) is 0 Å². The minimum absolute atomic E-state index is 0.412. The van der Waals surface area contributed by atoms with Crippen molar-refractivity contribution in [3.63, 3.8) is 0 Å². The zero-order valence-corrected chi connectivity index (χ0v) is 11.6. The van der Waals surface area contributed by atoms with E-state index in [-0.39, 0.29) is 0 Å². The smallest absolute Gasteiger partial charge is 0.326 e. The quantitative estimate of drug-likeness (QED) is 0.487. The highest BCUT2D eigenvalue weighted by Crippen LogP contribution is 2.28. The van der Waals surface area contributed by atoms with Crippen molar-refractivity contribution < 1.29 is 19.5 Å². The van der Waals surface area contributed by atoms with Crippen LogP contribution in [0.4, 0.5) is 4.79 Å². The first-order chi connectivity index (χ1) is 9.49. The minimum atomic E-state index is -1.28. The Kier molecular flexibility index (Phi) is 6.83. The number of hydrogen-bond acceptors (Lipinski definition) is 3. The summed E-state index contributed by atoms with van der Waals surface area (Å²) < 4.78 is 0. The predicted molar refractivity (Wildman–Crippen MR) is 73.0 cm³/mol. The molecule has 114 valence electrons. The van der Waals surface area contributed by atoms with E-state index in [2.05, 4.69) is 10.6 Å². The molecule has 3 amide bonds. The van der Waals surface area contributed by atoms with Crippen LogP contribution in [0, 0.1) is 5.92 Å². The minimum Gasteiger partial charge on any atom is -0.480 e. The summed E-state index contributed by atoms with van der Waals surface area (Å²) in [6, 6.07) is -1.85. The van der Waals surface area contributed by atoms with Gasteiger partial charge in [0, 0.05) is 6.54 Å². The lowest BCUT2D eigenvalue weighted by molar-refractivity contribution is -0.140. The summed E-state index contributed by atoms with van der Waals surface area (Å²) >= 11 is 0. The van der Waals surface area contributed by atoms with E-state index in [4.69, 9.17) is 10.8 Å². The molecule has 5 N–H and O–H groups in total. The fourth-order valence-corrected chi connectivity index (χ4v) is 2.50. The molecular formula is C13H23N3O4. The van der Waals surface area contributed by atoms with Gasteiger partial charge in [-0.3, -0.25) is 4.79 Å². The second kappa shape index (κ2) is 8.39. The largest absolute Gasteiger partial charge is 0.480 e. The standard InChI is InChI=1S/C13H23N3O4/c14-11(17)8-10(12(18)19)16-13(20)15-7-3-6-9-4-1-2-5-9/h9-10H,1-8H2,(H2,14,17)(H,18,19)(H2,15,16,20)/t10-/m0/s1. The molecule has 1 fully saturated rings. The Morgan fingerprint density at radius 1 is 1.25 bits per heavy atom. The third-order valence-electron chi connectivity index (χ3n) is 3.56. The SMILES string of the molecule is NC(=O)C[C@H](NC(=O)NCCCC1CCCC1)C(=O)O. The molecule has 1 aliphatic carbocycles. The van der Waals surface area contributed by atoms with Crippen LogP contribution < -0.4 is 16.4 Å². The topological polar surface area (TPSA) is 122 Å². The molecule has 0 unspecified atom stereocenters. The third-order valence-corrected chi connectivity index (χ3v) is 3.56. The van der Waals surface area contributed by atoms with Crippen molar-refractivity contribution in [2.24, 2.45) is 11.7 Å². The first-order valence-electron chi connectivity index (χ1n) is 7.04. The zero-order valence-electron chi connectivity index (χ0n) is 11.6. The number of aliphatic carboxylic acids is 1. The van der Waals surface area contributed by atoms with E-state index < -0.39 is 30.4 Å². The number of amides is 3. The van der Waals surface area contributed by atoms with E-state index in [0.717, 1.165) is 18.8 Å². The van der Waals surface area contributed by atoms with Gasteiger partial charge in [-0.15, -0.1) is 0 Å². The summed E-state index contributed by atoms with van der Waals surface area (Å²) in [6.07, 6.45) is 6.69. The maximum atomic E-state index is 11.5. The molecule has 0 aromatic rings. The molecular weight excluding hydrogens is 262 g/mol. The van der Waals surface area contributed by atoms with Gasteiger partial charge < -0.3 is 21.5 Å². The first kappa shape index (κ1) is 16.3. The number of nitrogens with one attached hydrogen (secondary N) is 2. The van der Waals surface area contributed by atoms with Crippen LogP contribution in [-0.4, -0.2) is 35.6 Å². The van der Waals surface area contributed by atoms with Gasteiger partial charge in [0.1, 0.15) is 6.04 Å². The van der Waals surface area contributed by atoms with Crippen LogP contribution in [0.25, 0.3) is 0 Å². The molecule has 20 heavy (non-hydrogen) atoms. The number of hydrogen-bond donors (Lipinski definition) is 4. The lowest BCUT2D eigenvalue weighted by Gasteiger charge is -2.14. The molecule has 7 heteroatoms. The van der Waals surface area contributed by atoms with Gasteiger partial charge in [-0.2, -0.15) is 0 Å². The zero-order chi connectivity index (χ0) is 15.0. The van der Waals surface area contributed by atoms with Gasteiger partial charge >= 0.3 is 12.0 Å². The van der Waals surface area contributed by atoms with Crippen molar-refractivity contribution in [2.75, 3.05) is 6.54 Å². The average molecular weight is 285 g/mol. The fraction of sp³-hybridized carbons (Fsp3) is 0.769. The summed E-state index contributed by atoms with van der Waals surface area (Å²) in [5.41, 5.74) is 4.92. The van der Waals surface area contributed by atoms with Crippen molar-refractivity contribution in [1.29, 1.82) is 0 Å².